The van der Waals surface area contributed by atoms with Gasteiger partial charge in [0.1, 0.15) is 18.5 Å². The van der Waals surface area contributed by atoms with Crippen LogP contribution in [-0.2, 0) is 11.2 Å². The fraction of sp³-hybridized carbons (Fsp3) is 0.172. The molecule has 33 heavy (non-hydrogen) atoms. The van der Waals surface area contributed by atoms with Crippen molar-refractivity contribution in [3.8, 4) is 5.75 Å². The minimum Gasteiger partial charge on any atom is -0.497 e. The van der Waals surface area contributed by atoms with Crippen LogP contribution in [0.2, 0.25) is 5.02 Å². The van der Waals surface area contributed by atoms with Gasteiger partial charge in [0.2, 0.25) is 0 Å². The van der Waals surface area contributed by atoms with E-state index in [2.05, 4.69) is 64.5 Å². The first kappa shape index (κ1) is 22.1. The summed E-state index contributed by atoms with van der Waals surface area (Å²) in [6.07, 6.45) is 10.7. The normalized spacial score (nSPS) is 16.6. The fourth-order valence-corrected chi connectivity index (χ4v) is 5.28. The summed E-state index contributed by atoms with van der Waals surface area (Å²) in [5, 5.41) is 5.80. The van der Waals surface area contributed by atoms with Crippen LogP contribution in [0.4, 0.5) is 0 Å². The summed E-state index contributed by atoms with van der Waals surface area (Å²) in [5.41, 5.74) is 2.71. The lowest BCUT2D eigenvalue weighted by atomic mass is 9.84. The molecule has 1 atom stereocenters. The Morgan fingerprint density at radius 3 is 2.55 bits per heavy atom. The van der Waals surface area contributed by atoms with E-state index in [1.54, 1.807) is 6.26 Å². The van der Waals surface area contributed by atoms with Crippen molar-refractivity contribution in [1.29, 1.82) is 0 Å². The van der Waals surface area contributed by atoms with Crippen molar-refractivity contribution in [3.05, 3.63) is 112 Å². The van der Waals surface area contributed by atoms with Gasteiger partial charge < -0.3 is 9.47 Å². The highest BCUT2D eigenvalue weighted by molar-refractivity contribution is 9.10. The molecule has 0 bridgehead atoms. The van der Waals surface area contributed by atoms with E-state index in [0.29, 0.717) is 5.02 Å². The zero-order chi connectivity index (χ0) is 22.6. The summed E-state index contributed by atoms with van der Waals surface area (Å²) >= 11 is 9.88. The molecule has 4 aromatic rings. The summed E-state index contributed by atoms with van der Waals surface area (Å²) < 4.78 is 12.2. The maximum absolute atomic E-state index is 6.43. The predicted octanol–water partition coefficient (Wildman–Crippen LogP) is 8.95. The Morgan fingerprint density at radius 2 is 1.79 bits per heavy atom. The third-order valence-electron chi connectivity index (χ3n) is 6.07. The Bertz CT molecular complexity index is 1350. The van der Waals surface area contributed by atoms with E-state index in [4.69, 9.17) is 21.1 Å². The topological polar surface area (TPSA) is 18.5 Å². The summed E-state index contributed by atoms with van der Waals surface area (Å²) in [4.78, 5) is 0. The van der Waals surface area contributed by atoms with Gasteiger partial charge in [-0.3, -0.25) is 0 Å². The minimum atomic E-state index is 0.0253. The highest BCUT2D eigenvalue weighted by Crippen LogP contribution is 2.41. The molecule has 0 saturated carbocycles. The Hall–Kier alpha value is -2.75. The molecule has 0 amide bonds. The van der Waals surface area contributed by atoms with E-state index in [-0.39, 0.29) is 6.10 Å². The summed E-state index contributed by atoms with van der Waals surface area (Å²) in [6.45, 7) is 0.733. The molecule has 2 aliphatic rings. The standard InChI is InChI=1S/C24H18BrClO.C5H6O/c25-17-10-13-22(21(26)14-17)27-23-7-3-5-16-9-11-19-18-6-2-1-4-15(18)8-12-20(19)24(16)23;1-2-4-6-5-3-1/h1-2,4,6,8-14,23H,3,5,7H2;1-4H,5H2. The van der Waals surface area contributed by atoms with Crippen LogP contribution >= 0.6 is 27.5 Å². The average Bonchev–Trinajstić information content (AvgIpc) is 2.87. The maximum atomic E-state index is 6.43. The quantitative estimate of drug-likeness (QED) is 0.246. The van der Waals surface area contributed by atoms with Gasteiger partial charge in [-0.1, -0.05) is 82.1 Å². The van der Waals surface area contributed by atoms with Crippen LogP contribution in [0.25, 0.3) is 21.5 Å². The van der Waals surface area contributed by atoms with Crippen molar-refractivity contribution in [2.75, 3.05) is 6.61 Å². The molecule has 166 valence electrons. The second-order valence-electron chi connectivity index (χ2n) is 8.18. The highest BCUT2D eigenvalue weighted by atomic mass is 79.9. The van der Waals surface area contributed by atoms with Crippen molar-refractivity contribution in [1.82, 2.24) is 0 Å². The van der Waals surface area contributed by atoms with E-state index in [1.165, 1.54) is 32.7 Å². The maximum Gasteiger partial charge on any atom is 0.138 e. The Kier molecular flexibility index (Phi) is 6.70. The minimum absolute atomic E-state index is 0.0253. The van der Waals surface area contributed by atoms with Crippen LogP contribution in [0.1, 0.15) is 30.1 Å². The molecule has 0 aromatic heterocycles. The first-order valence-electron chi connectivity index (χ1n) is 11.2. The van der Waals surface area contributed by atoms with Gasteiger partial charge in [-0.25, -0.2) is 0 Å². The molecule has 0 spiro atoms. The fourth-order valence-electron chi connectivity index (χ4n) is 4.57. The molecule has 1 unspecified atom stereocenters. The van der Waals surface area contributed by atoms with Crippen LogP contribution in [-0.4, -0.2) is 6.61 Å². The lowest BCUT2D eigenvalue weighted by molar-refractivity contribution is 0.185. The van der Waals surface area contributed by atoms with Crippen LogP contribution in [0, 0.1) is 0 Å². The molecular formula is C29H24BrClO2. The Balaban J connectivity index is 0.000000332. The zero-order valence-corrected chi connectivity index (χ0v) is 20.5. The summed E-state index contributed by atoms with van der Waals surface area (Å²) in [7, 11) is 0. The summed E-state index contributed by atoms with van der Waals surface area (Å²) in [5.74, 6) is 0.746. The molecule has 1 aliphatic heterocycles. The Morgan fingerprint density at radius 1 is 0.909 bits per heavy atom. The van der Waals surface area contributed by atoms with Crippen LogP contribution in [0.15, 0.2) is 95.7 Å². The van der Waals surface area contributed by atoms with Gasteiger partial charge in [-0.05, 0) is 76.7 Å². The van der Waals surface area contributed by atoms with Crippen molar-refractivity contribution in [2.45, 2.75) is 25.4 Å². The van der Waals surface area contributed by atoms with E-state index in [9.17, 15) is 0 Å². The van der Waals surface area contributed by atoms with Crippen LogP contribution < -0.4 is 4.74 Å². The lowest BCUT2D eigenvalue weighted by Gasteiger charge is -2.28. The van der Waals surface area contributed by atoms with E-state index < -0.39 is 0 Å². The molecule has 1 heterocycles. The zero-order valence-electron chi connectivity index (χ0n) is 18.1. The van der Waals surface area contributed by atoms with Gasteiger partial charge >= 0.3 is 0 Å². The van der Waals surface area contributed by atoms with E-state index in [1.807, 2.05) is 36.4 Å². The first-order valence-corrected chi connectivity index (χ1v) is 12.4. The third kappa shape index (κ3) is 4.80. The number of aryl methyl sites for hydroxylation is 1. The van der Waals surface area contributed by atoms with E-state index >= 15 is 0 Å². The second kappa shape index (κ2) is 10.0. The van der Waals surface area contributed by atoms with Crippen molar-refractivity contribution < 1.29 is 9.47 Å². The number of rotatable bonds is 2. The van der Waals surface area contributed by atoms with Gasteiger partial charge in [-0.15, -0.1) is 0 Å². The average molecular weight is 520 g/mol. The molecule has 0 N–H and O–H groups in total. The number of ether oxygens (including phenoxy) is 2. The van der Waals surface area contributed by atoms with Crippen molar-refractivity contribution in [3.63, 3.8) is 0 Å². The number of halogens is 2. The number of allylic oxidation sites excluding steroid dienone is 2. The molecule has 6 rings (SSSR count). The third-order valence-corrected chi connectivity index (χ3v) is 6.86. The number of fused-ring (bicyclic) bond motifs is 5. The highest BCUT2D eigenvalue weighted by Gasteiger charge is 2.25. The second-order valence-corrected chi connectivity index (χ2v) is 9.51. The molecule has 4 heteroatoms. The van der Waals surface area contributed by atoms with Crippen molar-refractivity contribution in [2.24, 2.45) is 0 Å². The van der Waals surface area contributed by atoms with Gasteiger partial charge in [-0.2, -0.15) is 0 Å². The van der Waals surface area contributed by atoms with Crippen LogP contribution in [0.3, 0.4) is 0 Å². The number of hydrogen-bond acceptors (Lipinski definition) is 2. The van der Waals surface area contributed by atoms with Crippen LogP contribution in [0.5, 0.6) is 5.75 Å². The molecular weight excluding hydrogens is 496 g/mol. The molecule has 0 radical (unpaired) electrons. The molecule has 0 saturated heterocycles. The van der Waals surface area contributed by atoms with E-state index in [0.717, 1.165) is 36.1 Å². The number of benzene rings is 4. The van der Waals surface area contributed by atoms with Gasteiger partial charge in [0, 0.05) is 10.0 Å². The van der Waals surface area contributed by atoms with Gasteiger partial charge in [0.05, 0.1) is 11.3 Å². The smallest absolute Gasteiger partial charge is 0.138 e. The lowest BCUT2D eigenvalue weighted by Crippen LogP contribution is -2.16. The first-order chi connectivity index (χ1) is 16.2. The molecule has 0 fully saturated rings. The van der Waals surface area contributed by atoms with Gasteiger partial charge in [0.25, 0.3) is 0 Å². The molecule has 4 aromatic carbocycles. The Labute approximate surface area is 207 Å². The number of hydrogen-bond donors (Lipinski definition) is 0. The largest absolute Gasteiger partial charge is 0.497 e. The SMILES string of the molecule is C1=CCOC=C1.Clc1cc(Br)ccc1OC1CCCc2ccc3c(ccc4ccccc43)c21. The van der Waals surface area contributed by atoms with Crippen molar-refractivity contribution >= 4 is 49.1 Å². The monoisotopic (exact) mass is 518 g/mol. The van der Waals surface area contributed by atoms with Gasteiger partial charge in [0.15, 0.2) is 0 Å². The predicted molar refractivity (Wildman–Crippen MR) is 141 cm³/mol. The molecule has 2 nitrogen and oxygen atoms in total. The molecule has 1 aliphatic carbocycles. The summed E-state index contributed by atoms with van der Waals surface area (Å²) in [6, 6.07) is 23.4.